The van der Waals surface area contributed by atoms with E-state index < -0.39 is 18.5 Å². The van der Waals surface area contributed by atoms with E-state index in [0.717, 1.165) is 0 Å². The molecule has 0 saturated carbocycles. The molecular weight excluding hydrogens is 812 g/mol. The molecule has 1 heterocycles. The molecule has 0 aliphatic carbocycles. The van der Waals surface area contributed by atoms with Crippen LogP contribution in [-0.4, -0.2) is 232 Å². The number of hydrogen-bond donors (Lipinski definition) is 2. The van der Waals surface area contributed by atoms with Crippen LogP contribution in [0.2, 0.25) is 0 Å². The fourth-order valence-corrected chi connectivity index (χ4v) is 4.88. The van der Waals surface area contributed by atoms with Gasteiger partial charge in [0, 0.05) is 6.54 Å². The molecule has 0 radical (unpaired) electrons. The maximum atomic E-state index is 12.3. The van der Waals surface area contributed by atoms with Gasteiger partial charge in [0.1, 0.15) is 13.2 Å². The van der Waals surface area contributed by atoms with Gasteiger partial charge in [-0.25, -0.2) is 4.79 Å². The van der Waals surface area contributed by atoms with Gasteiger partial charge in [-0.15, -0.1) is 0 Å². The van der Waals surface area contributed by atoms with Gasteiger partial charge in [-0.3, -0.25) is 19.3 Å². The van der Waals surface area contributed by atoms with Crippen molar-refractivity contribution in [2.24, 2.45) is 0 Å². The van der Waals surface area contributed by atoms with Gasteiger partial charge in [0.2, 0.25) is 5.91 Å². The molecule has 1 aliphatic heterocycles. The minimum absolute atomic E-state index is 0.204. The van der Waals surface area contributed by atoms with Crippen LogP contribution in [0, 0.1) is 0 Å². The third-order valence-corrected chi connectivity index (χ3v) is 7.83. The smallest absolute Gasteiger partial charge is 0.329 e. The second-order valence-electron chi connectivity index (χ2n) is 12.5. The number of carboxylic acids is 1. The van der Waals surface area contributed by atoms with Crippen LogP contribution in [-0.2, 0) is 75.9 Å². The van der Waals surface area contributed by atoms with Crippen molar-refractivity contribution in [1.29, 1.82) is 0 Å². The molecule has 61 heavy (non-hydrogen) atoms. The highest BCUT2D eigenvalue weighted by Gasteiger charge is 2.34. The molecule has 0 atom stereocenters. The summed E-state index contributed by atoms with van der Waals surface area (Å²) in [5.74, 6) is -2.11. The number of carboxylic acid groups (broad SMARTS) is 1. The first kappa shape index (κ1) is 53.9. The van der Waals surface area contributed by atoms with Crippen molar-refractivity contribution in [2.45, 2.75) is 0 Å². The molecule has 350 valence electrons. The van der Waals surface area contributed by atoms with E-state index in [2.05, 4.69) is 10.1 Å². The number of rotatable bonds is 46. The molecule has 1 aromatic carbocycles. The zero-order valence-corrected chi connectivity index (χ0v) is 35.3. The van der Waals surface area contributed by atoms with Crippen molar-refractivity contribution in [3.05, 3.63) is 35.4 Å². The van der Waals surface area contributed by atoms with E-state index >= 15 is 0 Å². The Morgan fingerprint density at radius 2 is 0.689 bits per heavy atom. The largest absolute Gasteiger partial charge is 0.480 e. The lowest BCUT2D eigenvalue weighted by molar-refractivity contribution is -0.143. The number of imide groups is 1. The van der Waals surface area contributed by atoms with Gasteiger partial charge < -0.3 is 76.7 Å². The number of fused-ring (bicyclic) bond motifs is 1. The average Bonchev–Trinajstić information content (AvgIpc) is 3.50. The van der Waals surface area contributed by atoms with E-state index in [1.165, 1.54) is 4.90 Å². The van der Waals surface area contributed by atoms with E-state index in [4.69, 9.17) is 66.7 Å². The number of nitrogens with one attached hydrogen (secondary N) is 1. The Hall–Kier alpha value is -3.26. The van der Waals surface area contributed by atoms with Crippen molar-refractivity contribution >= 4 is 23.7 Å². The first-order valence-electron chi connectivity index (χ1n) is 20.5. The lowest BCUT2D eigenvalue weighted by atomic mass is 10.1. The summed E-state index contributed by atoms with van der Waals surface area (Å²) >= 11 is 0. The molecule has 21 heteroatoms. The van der Waals surface area contributed by atoms with Crippen LogP contribution in [0.25, 0.3) is 0 Å². The Morgan fingerprint density at radius 3 is 0.984 bits per heavy atom. The Balaban J connectivity index is 1.14. The Morgan fingerprint density at radius 1 is 0.410 bits per heavy atom. The molecule has 0 saturated heterocycles. The van der Waals surface area contributed by atoms with Crippen LogP contribution >= 0.6 is 0 Å². The van der Waals surface area contributed by atoms with Gasteiger partial charge in [-0.2, -0.15) is 0 Å². The van der Waals surface area contributed by atoms with E-state index in [1.807, 2.05) is 0 Å². The fraction of sp³-hybridized carbons (Fsp3) is 0.750. The van der Waals surface area contributed by atoms with E-state index in [-0.39, 0.29) is 31.6 Å². The average molecular weight is 879 g/mol. The summed E-state index contributed by atoms with van der Waals surface area (Å²) in [5, 5.41) is 11.0. The van der Waals surface area contributed by atoms with Crippen molar-refractivity contribution in [1.82, 2.24) is 10.2 Å². The molecule has 0 bridgehead atoms. The molecule has 3 amide bonds. The van der Waals surface area contributed by atoms with E-state index in [9.17, 15) is 19.2 Å². The number of nitrogens with zero attached hydrogens (tertiary/aromatic N) is 1. The summed E-state index contributed by atoms with van der Waals surface area (Å²) in [6.07, 6.45) is 0. The Bertz CT molecular complexity index is 1230. The second kappa shape index (κ2) is 39.6. The zero-order chi connectivity index (χ0) is 43.7. The van der Waals surface area contributed by atoms with Gasteiger partial charge in [0.05, 0.1) is 189 Å². The molecule has 0 aromatic heterocycles. The Kier molecular flexibility index (Phi) is 35.0. The third-order valence-electron chi connectivity index (χ3n) is 7.83. The first-order valence-corrected chi connectivity index (χ1v) is 20.5. The molecule has 2 N–H and O–H groups in total. The van der Waals surface area contributed by atoms with Crippen LogP contribution in [0.1, 0.15) is 20.7 Å². The number of benzene rings is 1. The van der Waals surface area contributed by atoms with Gasteiger partial charge in [-0.05, 0) is 12.1 Å². The predicted molar refractivity (Wildman–Crippen MR) is 214 cm³/mol. The predicted octanol–water partition coefficient (Wildman–Crippen LogP) is -0.284. The number of carbonyl (C=O) groups excluding carboxylic acids is 3. The van der Waals surface area contributed by atoms with Crippen molar-refractivity contribution in [3.63, 3.8) is 0 Å². The van der Waals surface area contributed by atoms with Crippen molar-refractivity contribution in [2.75, 3.05) is 198 Å². The van der Waals surface area contributed by atoms with Crippen LogP contribution in [0.4, 0.5) is 0 Å². The number of hydrogen-bond acceptors (Lipinski definition) is 18. The molecule has 1 aliphatic rings. The van der Waals surface area contributed by atoms with Crippen LogP contribution in [0.5, 0.6) is 0 Å². The van der Waals surface area contributed by atoms with Crippen molar-refractivity contribution < 1.29 is 90.6 Å². The lowest BCUT2D eigenvalue weighted by Crippen LogP contribution is -2.33. The maximum Gasteiger partial charge on any atom is 0.329 e. The highest BCUT2D eigenvalue weighted by atomic mass is 16.6. The normalized spacial score (nSPS) is 12.4. The summed E-state index contributed by atoms with van der Waals surface area (Å²) < 4.78 is 75.6. The lowest BCUT2D eigenvalue weighted by Gasteiger charge is -2.13. The van der Waals surface area contributed by atoms with Gasteiger partial charge >= 0.3 is 5.97 Å². The van der Waals surface area contributed by atoms with E-state index in [0.29, 0.717) is 183 Å². The minimum atomic E-state index is -1.13. The summed E-state index contributed by atoms with van der Waals surface area (Å²) in [5.41, 5.74) is 0.868. The van der Waals surface area contributed by atoms with Crippen molar-refractivity contribution in [3.8, 4) is 0 Å². The minimum Gasteiger partial charge on any atom is -0.480 e. The molecule has 0 unspecified atom stereocenters. The van der Waals surface area contributed by atoms with Gasteiger partial charge in [-0.1, -0.05) is 12.1 Å². The number of ether oxygens (including phenoxy) is 14. The third kappa shape index (κ3) is 30.4. The van der Waals surface area contributed by atoms with Crippen LogP contribution in [0.15, 0.2) is 24.3 Å². The molecule has 0 fully saturated rings. The van der Waals surface area contributed by atoms with Gasteiger partial charge in [0.25, 0.3) is 11.8 Å². The quantitative estimate of drug-likeness (QED) is 0.0633. The molecule has 1 aromatic rings. The molecule has 21 nitrogen and oxygen atoms in total. The van der Waals surface area contributed by atoms with E-state index in [1.54, 1.807) is 24.3 Å². The highest BCUT2D eigenvalue weighted by molar-refractivity contribution is 6.21. The summed E-state index contributed by atoms with van der Waals surface area (Å²) in [4.78, 5) is 47.5. The summed E-state index contributed by atoms with van der Waals surface area (Å²) in [6.45, 7) is 10.8. The van der Waals surface area contributed by atoms with Crippen LogP contribution in [0.3, 0.4) is 0 Å². The van der Waals surface area contributed by atoms with Gasteiger partial charge in [0.15, 0.2) is 0 Å². The molecular formula is C40H66N2O19. The zero-order valence-electron chi connectivity index (χ0n) is 35.3. The number of amides is 3. The standard InChI is InChI=1S/C40H66N2O19/c43-37(33-61-34-38(44)45)41-5-7-48-9-11-50-13-15-52-17-19-54-21-23-56-25-27-58-29-31-60-32-30-59-28-26-57-24-22-55-20-18-53-16-14-51-12-10-49-8-6-42-39(46)35-3-1-2-4-36(35)40(42)47/h1-4H,5-34H2,(H,41,43)(H,44,45). The summed E-state index contributed by atoms with van der Waals surface area (Å²) in [6, 6.07) is 6.80. The number of aliphatic carboxylic acids is 1. The topological polar surface area (TPSA) is 233 Å². The summed E-state index contributed by atoms with van der Waals surface area (Å²) in [7, 11) is 0. The monoisotopic (exact) mass is 878 g/mol. The molecule has 2 rings (SSSR count). The number of carbonyl (C=O) groups is 4. The maximum absolute atomic E-state index is 12.3. The second-order valence-corrected chi connectivity index (χ2v) is 12.5. The Labute approximate surface area is 357 Å². The first-order chi connectivity index (χ1) is 30.0. The fourth-order valence-electron chi connectivity index (χ4n) is 4.88. The van der Waals surface area contributed by atoms with Crippen LogP contribution < -0.4 is 5.32 Å². The highest BCUT2D eigenvalue weighted by Crippen LogP contribution is 2.21. The SMILES string of the molecule is O=C(O)COCC(=O)NCCOCCOCCOCCOCCOCCOCCOCCOCCOCCOCCOCCOCCOCCN1C(=O)c2ccccc2C1=O. The molecule has 0 spiro atoms.